The van der Waals surface area contributed by atoms with Crippen LogP contribution in [0.4, 0.5) is 0 Å². The SMILES string of the molecule is CSc1ncc(-n2cnc(C)n2)cn1. The van der Waals surface area contributed by atoms with E-state index in [-0.39, 0.29) is 0 Å². The van der Waals surface area contributed by atoms with Crippen LogP contribution in [0.2, 0.25) is 0 Å². The van der Waals surface area contributed by atoms with Crippen LogP contribution in [-0.2, 0) is 0 Å². The summed E-state index contributed by atoms with van der Waals surface area (Å²) in [6.07, 6.45) is 7.04. The summed E-state index contributed by atoms with van der Waals surface area (Å²) in [4.78, 5) is 12.3. The van der Waals surface area contributed by atoms with Gasteiger partial charge in [0.2, 0.25) is 0 Å². The molecule has 0 aromatic carbocycles. The van der Waals surface area contributed by atoms with Crippen LogP contribution in [0.3, 0.4) is 0 Å². The van der Waals surface area contributed by atoms with Crippen LogP contribution in [0, 0.1) is 6.92 Å². The molecule has 2 heterocycles. The molecule has 0 unspecified atom stereocenters. The zero-order valence-corrected chi connectivity index (χ0v) is 8.69. The highest BCUT2D eigenvalue weighted by molar-refractivity contribution is 7.98. The van der Waals surface area contributed by atoms with Crippen LogP contribution >= 0.6 is 11.8 Å². The number of nitrogens with zero attached hydrogens (tertiary/aromatic N) is 5. The van der Waals surface area contributed by atoms with Crippen molar-refractivity contribution in [1.29, 1.82) is 0 Å². The lowest BCUT2D eigenvalue weighted by Crippen LogP contribution is -1.97. The smallest absolute Gasteiger partial charge is 0.187 e. The molecule has 14 heavy (non-hydrogen) atoms. The molecule has 5 nitrogen and oxygen atoms in total. The van der Waals surface area contributed by atoms with E-state index in [9.17, 15) is 0 Å². The van der Waals surface area contributed by atoms with Gasteiger partial charge in [0.1, 0.15) is 17.8 Å². The van der Waals surface area contributed by atoms with Crippen molar-refractivity contribution in [2.75, 3.05) is 6.26 Å². The number of aryl methyl sites for hydroxylation is 1. The average molecular weight is 207 g/mol. The Labute approximate surface area is 85.6 Å². The van der Waals surface area contributed by atoms with Gasteiger partial charge in [-0.05, 0) is 13.2 Å². The first-order valence-corrected chi connectivity index (χ1v) is 5.27. The predicted octanol–water partition coefficient (Wildman–Crippen LogP) is 1.09. The van der Waals surface area contributed by atoms with Crippen molar-refractivity contribution < 1.29 is 0 Å². The first-order chi connectivity index (χ1) is 6.79. The lowest BCUT2D eigenvalue weighted by Gasteiger charge is -1.99. The Balaban J connectivity index is 2.33. The molecule has 0 fully saturated rings. The lowest BCUT2D eigenvalue weighted by molar-refractivity contribution is 0.830. The summed E-state index contributed by atoms with van der Waals surface area (Å²) in [5.74, 6) is 0.735. The maximum Gasteiger partial charge on any atom is 0.187 e. The van der Waals surface area contributed by atoms with E-state index in [1.54, 1.807) is 23.4 Å². The van der Waals surface area contributed by atoms with Crippen LogP contribution in [-0.4, -0.2) is 31.0 Å². The Bertz CT molecular complexity index is 422. The summed E-state index contributed by atoms with van der Waals surface area (Å²) in [6.45, 7) is 1.84. The second kappa shape index (κ2) is 3.75. The maximum absolute atomic E-state index is 4.16. The van der Waals surface area contributed by atoms with Gasteiger partial charge in [-0.1, -0.05) is 11.8 Å². The summed E-state index contributed by atoms with van der Waals surface area (Å²) < 4.78 is 1.65. The Hall–Kier alpha value is -1.43. The highest BCUT2D eigenvalue weighted by atomic mass is 32.2. The second-order valence-corrected chi connectivity index (χ2v) is 3.44. The molecular formula is C8H9N5S. The third kappa shape index (κ3) is 1.74. The van der Waals surface area contributed by atoms with E-state index in [1.165, 1.54) is 11.8 Å². The van der Waals surface area contributed by atoms with Gasteiger partial charge in [-0.3, -0.25) is 0 Å². The van der Waals surface area contributed by atoms with E-state index < -0.39 is 0 Å². The molecule has 0 radical (unpaired) electrons. The van der Waals surface area contributed by atoms with Crippen molar-refractivity contribution in [2.45, 2.75) is 12.1 Å². The van der Waals surface area contributed by atoms with Gasteiger partial charge >= 0.3 is 0 Å². The minimum Gasteiger partial charge on any atom is -0.229 e. The van der Waals surface area contributed by atoms with Gasteiger partial charge in [-0.2, -0.15) is 5.10 Å². The van der Waals surface area contributed by atoms with Gasteiger partial charge in [0, 0.05) is 0 Å². The van der Waals surface area contributed by atoms with Crippen molar-refractivity contribution in [3.63, 3.8) is 0 Å². The van der Waals surface area contributed by atoms with Gasteiger partial charge in [-0.25, -0.2) is 19.6 Å². The fourth-order valence-corrected chi connectivity index (χ4v) is 1.32. The van der Waals surface area contributed by atoms with Crippen LogP contribution < -0.4 is 0 Å². The summed E-state index contributed by atoms with van der Waals surface area (Å²) in [7, 11) is 0. The number of hydrogen-bond acceptors (Lipinski definition) is 5. The molecule has 0 saturated heterocycles. The molecule has 0 aliphatic heterocycles. The third-order valence-corrected chi connectivity index (χ3v) is 2.24. The fourth-order valence-electron chi connectivity index (χ4n) is 1.00. The van der Waals surface area contributed by atoms with Crippen molar-refractivity contribution in [3.8, 4) is 5.69 Å². The molecule has 0 aliphatic rings. The average Bonchev–Trinajstić information content (AvgIpc) is 2.65. The standard InChI is InChI=1S/C8H9N5S/c1-6-11-5-13(12-6)7-3-9-8(14-2)10-4-7/h3-5H,1-2H3. The van der Waals surface area contributed by atoms with Gasteiger partial charge in [0.15, 0.2) is 5.16 Å². The Morgan fingerprint density at radius 2 is 1.93 bits per heavy atom. The van der Waals surface area contributed by atoms with Crippen LogP contribution in [0.25, 0.3) is 5.69 Å². The quantitative estimate of drug-likeness (QED) is 0.545. The van der Waals surface area contributed by atoms with E-state index in [1.807, 2.05) is 13.2 Å². The molecule has 72 valence electrons. The Morgan fingerprint density at radius 1 is 1.21 bits per heavy atom. The van der Waals surface area contributed by atoms with Crippen molar-refractivity contribution in [2.24, 2.45) is 0 Å². The molecule has 6 heteroatoms. The topological polar surface area (TPSA) is 56.5 Å². The maximum atomic E-state index is 4.16. The molecule has 0 spiro atoms. The van der Waals surface area contributed by atoms with Gasteiger partial charge < -0.3 is 0 Å². The van der Waals surface area contributed by atoms with Gasteiger partial charge in [-0.15, -0.1) is 0 Å². The largest absolute Gasteiger partial charge is 0.229 e. The molecule has 2 aromatic heterocycles. The minimum absolute atomic E-state index is 0.735. The number of rotatable bonds is 2. The first-order valence-electron chi connectivity index (χ1n) is 4.04. The molecule has 0 N–H and O–H groups in total. The zero-order chi connectivity index (χ0) is 9.97. The number of aromatic nitrogens is 5. The van der Waals surface area contributed by atoms with Crippen molar-refractivity contribution >= 4 is 11.8 Å². The molecule has 0 bridgehead atoms. The van der Waals surface area contributed by atoms with Crippen LogP contribution in [0.5, 0.6) is 0 Å². The normalized spacial score (nSPS) is 10.4. The number of thioether (sulfide) groups is 1. The molecule has 0 amide bonds. The second-order valence-electron chi connectivity index (χ2n) is 2.66. The highest BCUT2D eigenvalue weighted by Gasteiger charge is 2.00. The molecule has 2 aromatic rings. The third-order valence-electron chi connectivity index (χ3n) is 1.67. The highest BCUT2D eigenvalue weighted by Crippen LogP contribution is 2.09. The first kappa shape index (κ1) is 9.14. The molecular weight excluding hydrogens is 198 g/mol. The molecule has 0 atom stereocenters. The number of hydrogen-bond donors (Lipinski definition) is 0. The van der Waals surface area contributed by atoms with E-state index in [4.69, 9.17) is 0 Å². The summed E-state index contributed by atoms with van der Waals surface area (Å²) in [5, 5.41) is 4.91. The molecule has 0 aliphatic carbocycles. The summed E-state index contributed by atoms with van der Waals surface area (Å²) in [6, 6.07) is 0. The molecule has 0 saturated carbocycles. The summed E-state index contributed by atoms with van der Waals surface area (Å²) >= 11 is 1.51. The Morgan fingerprint density at radius 3 is 2.43 bits per heavy atom. The predicted molar refractivity (Wildman–Crippen MR) is 53.5 cm³/mol. The van der Waals surface area contributed by atoms with E-state index in [0.29, 0.717) is 0 Å². The molecule has 2 rings (SSSR count). The van der Waals surface area contributed by atoms with Crippen molar-refractivity contribution in [1.82, 2.24) is 24.7 Å². The monoisotopic (exact) mass is 207 g/mol. The fraction of sp³-hybridized carbons (Fsp3) is 0.250. The van der Waals surface area contributed by atoms with Crippen LogP contribution in [0.15, 0.2) is 23.9 Å². The van der Waals surface area contributed by atoms with Crippen molar-refractivity contribution in [3.05, 3.63) is 24.5 Å². The van der Waals surface area contributed by atoms with E-state index >= 15 is 0 Å². The zero-order valence-electron chi connectivity index (χ0n) is 7.88. The minimum atomic E-state index is 0.735. The van der Waals surface area contributed by atoms with Gasteiger partial charge in [0.05, 0.1) is 12.4 Å². The lowest BCUT2D eigenvalue weighted by atomic mass is 10.5. The Kier molecular flexibility index (Phi) is 2.45. The van der Waals surface area contributed by atoms with E-state index in [2.05, 4.69) is 20.1 Å². The van der Waals surface area contributed by atoms with Gasteiger partial charge in [0.25, 0.3) is 0 Å². The van der Waals surface area contributed by atoms with E-state index in [0.717, 1.165) is 16.7 Å². The van der Waals surface area contributed by atoms with Crippen LogP contribution in [0.1, 0.15) is 5.82 Å². The summed E-state index contributed by atoms with van der Waals surface area (Å²) in [5.41, 5.74) is 0.823.